The first-order valence-corrected chi connectivity index (χ1v) is 6.52. The molecule has 1 unspecified atom stereocenters. The van der Waals surface area contributed by atoms with Crippen LogP contribution in [-0.2, 0) is 0 Å². The standard InChI is InChI=1S/C11H12BrClN2O2/c12-7-3-8(10(13)14-4-7)11(17)15-5-9(16)6-1-2-6/h3-4,6,9,16H,1-2,5H2,(H,15,17). The normalized spacial score (nSPS) is 16.6. The summed E-state index contributed by atoms with van der Waals surface area (Å²) in [6.07, 6.45) is 3.14. The molecule has 4 nitrogen and oxygen atoms in total. The summed E-state index contributed by atoms with van der Waals surface area (Å²) in [5.74, 6) is 0.0231. The van der Waals surface area contributed by atoms with Crippen LogP contribution in [0.25, 0.3) is 0 Å². The van der Waals surface area contributed by atoms with Crippen LogP contribution >= 0.6 is 27.5 Å². The van der Waals surface area contributed by atoms with E-state index in [9.17, 15) is 9.90 Å². The molecule has 1 amide bonds. The summed E-state index contributed by atoms with van der Waals surface area (Å²) in [4.78, 5) is 15.7. The Bertz CT molecular complexity index is 437. The van der Waals surface area contributed by atoms with E-state index in [1.807, 2.05) is 0 Å². The van der Waals surface area contributed by atoms with Crippen LogP contribution < -0.4 is 5.32 Å². The topological polar surface area (TPSA) is 62.2 Å². The van der Waals surface area contributed by atoms with Crippen LogP contribution in [0, 0.1) is 5.92 Å². The lowest BCUT2D eigenvalue weighted by Gasteiger charge is -2.11. The summed E-state index contributed by atoms with van der Waals surface area (Å²) in [5.41, 5.74) is 0.309. The molecule has 0 aliphatic heterocycles. The van der Waals surface area contributed by atoms with Crippen LogP contribution in [-0.4, -0.2) is 28.6 Å². The first kappa shape index (κ1) is 12.8. The fourth-order valence-corrected chi connectivity index (χ4v) is 2.04. The molecule has 17 heavy (non-hydrogen) atoms. The minimum atomic E-state index is -0.460. The Hall–Kier alpha value is -0.650. The quantitative estimate of drug-likeness (QED) is 0.834. The van der Waals surface area contributed by atoms with Crippen LogP contribution in [0.2, 0.25) is 5.15 Å². The highest BCUT2D eigenvalue weighted by Crippen LogP contribution is 2.32. The van der Waals surface area contributed by atoms with Crippen molar-refractivity contribution in [1.82, 2.24) is 10.3 Å². The van der Waals surface area contributed by atoms with Crippen LogP contribution in [0.1, 0.15) is 23.2 Å². The van der Waals surface area contributed by atoms with E-state index in [4.69, 9.17) is 11.6 Å². The largest absolute Gasteiger partial charge is 0.391 e. The molecule has 92 valence electrons. The fourth-order valence-electron chi connectivity index (χ4n) is 1.52. The molecule has 0 saturated heterocycles. The highest BCUT2D eigenvalue weighted by molar-refractivity contribution is 9.10. The fraction of sp³-hybridized carbons (Fsp3) is 0.455. The third-order valence-electron chi connectivity index (χ3n) is 2.69. The Morgan fingerprint density at radius 1 is 1.71 bits per heavy atom. The van der Waals surface area contributed by atoms with Crippen molar-refractivity contribution in [2.75, 3.05) is 6.54 Å². The van der Waals surface area contributed by atoms with Gasteiger partial charge in [-0.3, -0.25) is 4.79 Å². The molecule has 6 heteroatoms. The number of nitrogens with zero attached hydrogens (tertiary/aromatic N) is 1. The number of nitrogens with one attached hydrogen (secondary N) is 1. The van der Waals surface area contributed by atoms with Gasteiger partial charge in [-0.1, -0.05) is 11.6 Å². The summed E-state index contributed by atoms with van der Waals surface area (Å²) in [6, 6.07) is 1.61. The van der Waals surface area contributed by atoms with Gasteiger partial charge >= 0.3 is 0 Å². The van der Waals surface area contributed by atoms with Crippen LogP contribution in [0.3, 0.4) is 0 Å². The Balaban J connectivity index is 1.96. The third-order valence-corrected chi connectivity index (χ3v) is 3.42. The van der Waals surface area contributed by atoms with Gasteiger partial charge in [0.25, 0.3) is 5.91 Å². The predicted molar refractivity (Wildman–Crippen MR) is 68.0 cm³/mol. The van der Waals surface area contributed by atoms with E-state index >= 15 is 0 Å². The van der Waals surface area contributed by atoms with Crippen molar-refractivity contribution in [3.8, 4) is 0 Å². The molecule has 1 heterocycles. The van der Waals surface area contributed by atoms with Gasteiger partial charge in [0.05, 0.1) is 11.7 Å². The zero-order valence-electron chi connectivity index (χ0n) is 8.99. The van der Waals surface area contributed by atoms with Crippen LogP contribution in [0.5, 0.6) is 0 Å². The molecule has 1 aliphatic rings. The average Bonchev–Trinajstić information content (AvgIpc) is 3.12. The number of hydrogen-bond donors (Lipinski definition) is 2. The van der Waals surface area contributed by atoms with Crippen molar-refractivity contribution >= 4 is 33.4 Å². The van der Waals surface area contributed by atoms with Crippen LogP contribution in [0.15, 0.2) is 16.7 Å². The molecule has 1 aromatic rings. The Kier molecular flexibility index (Phi) is 4.01. The molecular weight excluding hydrogens is 307 g/mol. The maximum absolute atomic E-state index is 11.8. The molecule has 0 bridgehead atoms. The number of aromatic nitrogens is 1. The van der Waals surface area contributed by atoms with Gasteiger partial charge in [-0.2, -0.15) is 0 Å². The van der Waals surface area contributed by atoms with Crippen molar-refractivity contribution in [2.45, 2.75) is 18.9 Å². The van der Waals surface area contributed by atoms with E-state index in [-0.39, 0.29) is 17.6 Å². The van der Waals surface area contributed by atoms with Gasteiger partial charge in [-0.05, 0) is 40.8 Å². The highest BCUT2D eigenvalue weighted by atomic mass is 79.9. The Morgan fingerprint density at radius 3 is 3.06 bits per heavy atom. The first-order valence-electron chi connectivity index (χ1n) is 5.35. The van der Waals surface area contributed by atoms with Crippen molar-refractivity contribution in [3.63, 3.8) is 0 Å². The van der Waals surface area contributed by atoms with Gasteiger partial charge in [0.15, 0.2) is 0 Å². The van der Waals surface area contributed by atoms with Gasteiger partial charge in [0.1, 0.15) is 5.15 Å². The van der Waals surface area contributed by atoms with Crippen LogP contribution in [0.4, 0.5) is 0 Å². The summed E-state index contributed by atoms with van der Waals surface area (Å²) < 4.78 is 0.690. The summed E-state index contributed by atoms with van der Waals surface area (Å²) in [6.45, 7) is 0.256. The smallest absolute Gasteiger partial charge is 0.254 e. The molecule has 0 radical (unpaired) electrons. The number of hydrogen-bond acceptors (Lipinski definition) is 3. The molecule has 1 fully saturated rings. The lowest BCUT2D eigenvalue weighted by molar-refractivity contribution is 0.0901. The minimum absolute atomic E-state index is 0.159. The maximum atomic E-state index is 11.8. The van der Waals surface area contributed by atoms with E-state index in [0.717, 1.165) is 12.8 Å². The van der Waals surface area contributed by atoms with E-state index in [0.29, 0.717) is 16.0 Å². The van der Waals surface area contributed by atoms with Gasteiger partial charge < -0.3 is 10.4 Å². The lowest BCUT2D eigenvalue weighted by Crippen LogP contribution is -2.33. The second-order valence-electron chi connectivity index (χ2n) is 4.11. The number of carbonyl (C=O) groups is 1. The molecule has 0 spiro atoms. The van der Waals surface area contributed by atoms with E-state index in [2.05, 4.69) is 26.2 Å². The molecular formula is C11H12BrClN2O2. The van der Waals surface area contributed by atoms with E-state index in [1.165, 1.54) is 6.20 Å². The van der Waals surface area contributed by atoms with Gasteiger partial charge in [0.2, 0.25) is 0 Å². The molecule has 1 aliphatic carbocycles. The zero-order chi connectivity index (χ0) is 12.4. The van der Waals surface area contributed by atoms with Gasteiger partial charge in [-0.25, -0.2) is 4.98 Å². The number of carbonyl (C=O) groups excluding carboxylic acids is 1. The molecule has 1 atom stereocenters. The number of amides is 1. The first-order chi connectivity index (χ1) is 8.08. The number of rotatable bonds is 4. The average molecular weight is 320 g/mol. The van der Waals surface area contributed by atoms with Gasteiger partial charge in [-0.15, -0.1) is 0 Å². The monoisotopic (exact) mass is 318 g/mol. The molecule has 0 aromatic carbocycles. The number of aliphatic hydroxyl groups is 1. The second kappa shape index (κ2) is 5.33. The van der Waals surface area contributed by atoms with E-state index < -0.39 is 6.10 Å². The maximum Gasteiger partial charge on any atom is 0.254 e. The predicted octanol–water partition coefficient (Wildman–Crippen LogP) is 2.00. The second-order valence-corrected chi connectivity index (χ2v) is 5.38. The van der Waals surface area contributed by atoms with Gasteiger partial charge in [0, 0.05) is 17.2 Å². The van der Waals surface area contributed by atoms with Crippen molar-refractivity contribution < 1.29 is 9.90 Å². The molecule has 2 rings (SSSR count). The Labute approximate surface area is 113 Å². The Morgan fingerprint density at radius 2 is 2.41 bits per heavy atom. The highest BCUT2D eigenvalue weighted by Gasteiger charge is 2.29. The van der Waals surface area contributed by atoms with Crippen molar-refractivity contribution in [1.29, 1.82) is 0 Å². The number of halogens is 2. The molecule has 1 aromatic heterocycles. The number of aliphatic hydroxyl groups excluding tert-OH is 1. The van der Waals surface area contributed by atoms with Crippen molar-refractivity contribution in [2.24, 2.45) is 5.92 Å². The number of pyridine rings is 1. The van der Waals surface area contributed by atoms with Crippen molar-refractivity contribution in [3.05, 3.63) is 27.5 Å². The van der Waals surface area contributed by atoms with E-state index in [1.54, 1.807) is 6.07 Å². The lowest BCUT2D eigenvalue weighted by atomic mass is 10.2. The zero-order valence-corrected chi connectivity index (χ0v) is 11.3. The summed E-state index contributed by atoms with van der Waals surface area (Å²) in [5, 5.41) is 12.4. The summed E-state index contributed by atoms with van der Waals surface area (Å²) >= 11 is 9.05. The molecule has 2 N–H and O–H groups in total. The SMILES string of the molecule is O=C(NCC(O)C1CC1)c1cc(Br)cnc1Cl. The molecule has 1 saturated carbocycles. The summed E-state index contributed by atoms with van der Waals surface area (Å²) in [7, 11) is 0. The third kappa shape index (κ3) is 3.40. The minimum Gasteiger partial charge on any atom is -0.391 e.